The van der Waals surface area contributed by atoms with Crippen molar-refractivity contribution >= 4 is 17.4 Å². The van der Waals surface area contributed by atoms with Crippen LogP contribution in [0.25, 0.3) is 17.2 Å². The minimum atomic E-state index is -0.537. The van der Waals surface area contributed by atoms with Crippen LogP contribution in [0.4, 0.5) is 10.2 Å². The molecule has 0 spiro atoms. The zero-order valence-electron chi connectivity index (χ0n) is 19.2. The molecule has 3 N–H and O–H groups in total. The molecule has 1 aliphatic heterocycles. The van der Waals surface area contributed by atoms with Gasteiger partial charge in [-0.2, -0.15) is 0 Å². The van der Waals surface area contributed by atoms with Crippen molar-refractivity contribution < 1.29 is 9.18 Å². The zero-order valence-corrected chi connectivity index (χ0v) is 19.2. The van der Waals surface area contributed by atoms with E-state index < -0.39 is 5.91 Å². The van der Waals surface area contributed by atoms with Gasteiger partial charge in [0.25, 0.3) is 5.91 Å². The van der Waals surface area contributed by atoms with Crippen LogP contribution in [0.15, 0.2) is 42.6 Å². The second-order valence-electron chi connectivity index (χ2n) is 8.67. The molecule has 4 heterocycles. The zero-order chi connectivity index (χ0) is 23.8. The van der Waals surface area contributed by atoms with Crippen molar-refractivity contribution in [2.45, 2.75) is 32.9 Å². The molecule has 4 aromatic rings. The quantitative estimate of drug-likeness (QED) is 0.475. The van der Waals surface area contributed by atoms with E-state index in [1.807, 2.05) is 23.6 Å². The molecule has 0 fully saturated rings. The molecule has 1 aromatic carbocycles. The molecule has 5 rings (SSSR count). The molecule has 1 aliphatic rings. The van der Waals surface area contributed by atoms with Crippen molar-refractivity contribution in [1.82, 2.24) is 24.3 Å². The van der Waals surface area contributed by atoms with Crippen LogP contribution < -0.4 is 11.1 Å². The van der Waals surface area contributed by atoms with Gasteiger partial charge in [-0.1, -0.05) is 12.1 Å². The van der Waals surface area contributed by atoms with Crippen molar-refractivity contribution in [2.75, 3.05) is 18.9 Å². The first-order chi connectivity index (χ1) is 16.4. The smallest absolute Gasteiger partial charge is 0.252 e. The topological polar surface area (TPSA) is 101 Å². The highest BCUT2D eigenvalue weighted by molar-refractivity contribution is 5.99. The van der Waals surface area contributed by atoms with Gasteiger partial charge >= 0.3 is 0 Å². The Kier molecular flexibility index (Phi) is 5.70. The molecule has 9 heteroatoms. The van der Waals surface area contributed by atoms with Crippen molar-refractivity contribution in [2.24, 2.45) is 5.73 Å². The van der Waals surface area contributed by atoms with Crippen LogP contribution in [0.5, 0.6) is 0 Å². The van der Waals surface area contributed by atoms with Gasteiger partial charge in [0, 0.05) is 24.8 Å². The number of nitrogens with zero attached hydrogens (tertiary/aromatic N) is 5. The largest absolute Gasteiger partial charge is 0.366 e. The van der Waals surface area contributed by atoms with Crippen LogP contribution in [-0.4, -0.2) is 43.8 Å². The number of carbonyl (C=O) groups is 1. The maximum Gasteiger partial charge on any atom is 0.252 e. The predicted molar refractivity (Wildman–Crippen MR) is 128 cm³/mol. The molecular formula is C25H26FN7O. The Balaban J connectivity index is 1.63. The Morgan fingerprint density at radius 3 is 2.85 bits per heavy atom. The lowest BCUT2D eigenvalue weighted by molar-refractivity contribution is 0.100. The average molecular weight is 460 g/mol. The first-order valence-corrected chi connectivity index (χ1v) is 11.2. The SMILES string of the molecule is Cc1nc2c(C(N)=O)cccn2c1-c1nc2c(c(NCc3cccc(F)c3)n1)CN(C)CCC2. The summed E-state index contributed by atoms with van der Waals surface area (Å²) in [6, 6.07) is 9.95. The number of halogens is 1. The number of rotatable bonds is 5. The van der Waals surface area contributed by atoms with Crippen LogP contribution >= 0.6 is 0 Å². The van der Waals surface area contributed by atoms with Crippen LogP contribution in [0.2, 0.25) is 0 Å². The average Bonchev–Trinajstić information content (AvgIpc) is 3.02. The Morgan fingerprint density at radius 1 is 1.21 bits per heavy atom. The van der Waals surface area contributed by atoms with E-state index in [-0.39, 0.29) is 5.82 Å². The Labute approximate surface area is 196 Å². The molecule has 0 saturated carbocycles. The van der Waals surface area contributed by atoms with Crippen molar-refractivity contribution in [1.29, 1.82) is 0 Å². The summed E-state index contributed by atoms with van der Waals surface area (Å²) >= 11 is 0. The standard InChI is InChI=1S/C25H26FN7O/c1-15-21(33-11-4-8-18(22(27)34)25(33)29-15)24-30-20-9-5-10-32(2)14-19(20)23(31-24)28-13-16-6-3-7-17(26)12-16/h3-4,6-8,11-12H,5,9-10,13-14H2,1-2H3,(H2,27,34)(H,28,30,31). The Hall–Kier alpha value is -3.85. The third kappa shape index (κ3) is 4.10. The second-order valence-corrected chi connectivity index (χ2v) is 8.67. The van der Waals surface area contributed by atoms with E-state index in [0.29, 0.717) is 35.0 Å². The predicted octanol–water partition coefficient (Wildman–Crippen LogP) is 3.33. The summed E-state index contributed by atoms with van der Waals surface area (Å²) in [5.41, 5.74) is 10.7. The van der Waals surface area contributed by atoms with Crippen molar-refractivity contribution in [3.63, 3.8) is 0 Å². The van der Waals surface area contributed by atoms with Gasteiger partial charge in [0.2, 0.25) is 0 Å². The summed E-state index contributed by atoms with van der Waals surface area (Å²) < 4.78 is 15.5. The number of carbonyl (C=O) groups excluding carboxylic acids is 1. The molecule has 34 heavy (non-hydrogen) atoms. The second kappa shape index (κ2) is 8.83. The number of hydrogen-bond acceptors (Lipinski definition) is 6. The lowest BCUT2D eigenvalue weighted by Gasteiger charge is -2.18. The molecule has 0 atom stereocenters. The number of anilines is 1. The van der Waals surface area contributed by atoms with Gasteiger partial charge in [0.1, 0.15) is 23.0 Å². The van der Waals surface area contributed by atoms with E-state index in [4.69, 9.17) is 15.7 Å². The number of aryl methyl sites for hydroxylation is 2. The molecule has 0 aliphatic carbocycles. The number of fused-ring (bicyclic) bond motifs is 2. The molecule has 8 nitrogen and oxygen atoms in total. The first-order valence-electron chi connectivity index (χ1n) is 11.2. The molecule has 0 saturated heterocycles. The lowest BCUT2D eigenvalue weighted by Crippen LogP contribution is -2.19. The Morgan fingerprint density at radius 2 is 2.06 bits per heavy atom. The van der Waals surface area contributed by atoms with Crippen molar-refractivity contribution in [3.8, 4) is 11.5 Å². The fourth-order valence-corrected chi connectivity index (χ4v) is 4.50. The molecule has 0 radical (unpaired) electrons. The first kappa shape index (κ1) is 22.0. The summed E-state index contributed by atoms with van der Waals surface area (Å²) in [6.07, 6.45) is 3.65. The highest BCUT2D eigenvalue weighted by Crippen LogP contribution is 2.29. The number of imidazole rings is 1. The maximum absolute atomic E-state index is 13.7. The molecule has 3 aromatic heterocycles. The number of nitrogens with two attached hydrogens (primary N) is 1. The van der Waals surface area contributed by atoms with E-state index >= 15 is 0 Å². The van der Waals surface area contributed by atoms with Gasteiger partial charge in [-0.05, 0) is 63.2 Å². The maximum atomic E-state index is 13.7. The number of hydrogen-bond donors (Lipinski definition) is 2. The van der Waals surface area contributed by atoms with E-state index in [0.717, 1.165) is 48.6 Å². The van der Waals surface area contributed by atoms with Gasteiger partial charge in [-0.25, -0.2) is 19.3 Å². The molecule has 174 valence electrons. The fourth-order valence-electron chi connectivity index (χ4n) is 4.50. The number of primary amides is 1. The van der Waals surface area contributed by atoms with E-state index in [1.54, 1.807) is 18.2 Å². The molecular weight excluding hydrogens is 433 g/mol. The summed E-state index contributed by atoms with van der Waals surface area (Å²) in [6.45, 7) is 3.99. The third-order valence-electron chi connectivity index (χ3n) is 6.12. The normalized spacial score (nSPS) is 14.1. The van der Waals surface area contributed by atoms with Crippen LogP contribution in [0.1, 0.15) is 39.3 Å². The van der Waals surface area contributed by atoms with E-state index in [2.05, 4.69) is 22.2 Å². The summed E-state index contributed by atoms with van der Waals surface area (Å²) in [5, 5.41) is 3.42. The van der Waals surface area contributed by atoms with Crippen LogP contribution in [0.3, 0.4) is 0 Å². The number of nitrogens with one attached hydrogen (secondary N) is 1. The lowest BCUT2D eigenvalue weighted by atomic mass is 10.1. The fraction of sp³-hybridized carbons (Fsp3) is 0.280. The number of aromatic nitrogens is 4. The number of pyridine rings is 1. The minimum Gasteiger partial charge on any atom is -0.366 e. The van der Waals surface area contributed by atoms with Gasteiger partial charge in [0.05, 0.1) is 17.0 Å². The van der Waals surface area contributed by atoms with E-state index in [1.165, 1.54) is 12.1 Å². The third-order valence-corrected chi connectivity index (χ3v) is 6.12. The van der Waals surface area contributed by atoms with Gasteiger partial charge < -0.3 is 16.0 Å². The Bertz CT molecular complexity index is 1400. The molecule has 0 unspecified atom stereocenters. The van der Waals surface area contributed by atoms with Gasteiger partial charge in [-0.15, -0.1) is 0 Å². The minimum absolute atomic E-state index is 0.271. The van der Waals surface area contributed by atoms with Crippen LogP contribution in [0, 0.1) is 12.7 Å². The van der Waals surface area contributed by atoms with Gasteiger partial charge in [-0.3, -0.25) is 9.20 Å². The monoisotopic (exact) mass is 459 g/mol. The molecule has 0 bridgehead atoms. The van der Waals surface area contributed by atoms with Crippen molar-refractivity contribution in [3.05, 3.63) is 76.5 Å². The highest BCUT2D eigenvalue weighted by atomic mass is 19.1. The highest BCUT2D eigenvalue weighted by Gasteiger charge is 2.23. The number of amides is 1. The summed E-state index contributed by atoms with van der Waals surface area (Å²) in [7, 11) is 2.08. The summed E-state index contributed by atoms with van der Waals surface area (Å²) in [5.74, 6) is 0.438. The van der Waals surface area contributed by atoms with Crippen LogP contribution in [-0.2, 0) is 19.5 Å². The summed E-state index contributed by atoms with van der Waals surface area (Å²) in [4.78, 5) is 28.6. The molecule has 1 amide bonds. The van der Waals surface area contributed by atoms with E-state index in [9.17, 15) is 9.18 Å². The number of benzene rings is 1. The van der Waals surface area contributed by atoms with Gasteiger partial charge in [0.15, 0.2) is 5.82 Å².